The number of methoxy groups -OCH3 is 1. The van der Waals surface area contributed by atoms with Crippen molar-refractivity contribution in [2.75, 3.05) is 7.11 Å². The van der Waals surface area contributed by atoms with Crippen molar-refractivity contribution in [3.8, 4) is 16.9 Å². The van der Waals surface area contributed by atoms with Crippen molar-refractivity contribution in [3.05, 3.63) is 72.1 Å². The van der Waals surface area contributed by atoms with E-state index in [-0.39, 0.29) is 5.91 Å². The van der Waals surface area contributed by atoms with Gasteiger partial charge in [-0.25, -0.2) is 0 Å². The van der Waals surface area contributed by atoms with E-state index >= 15 is 0 Å². The quantitative estimate of drug-likeness (QED) is 0.637. The van der Waals surface area contributed by atoms with Crippen LogP contribution in [0.4, 0.5) is 0 Å². The van der Waals surface area contributed by atoms with Crippen LogP contribution in [-0.4, -0.2) is 34.4 Å². The van der Waals surface area contributed by atoms with Gasteiger partial charge in [0.25, 0.3) is 5.91 Å². The number of nitrogens with zero attached hydrogens (tertiary/aromatic N) is 1. The molecule has 3 rings (SSSR count). The van der Waals surface area contributed by atoms with E-state index in [1.165, 1.54) is 0 Å². The van der Waals surface area contributed by atoms with Gasteiger partial charge in [-0.1, -0.05) is 30.3 Å². The van der Waals surface area contributed by atoms with Crippen LogP contribution in [-0.2, 0) is 0 Å². The number of hydrogen-bond acceptors (Lipinski definition) is 4. The summed E-state index contributed by atoms with van der Waals surface area (Å²) in [4.78, 5) is 12.6. The van der Waals surface area contributed by atoms with Crippen molar-refractivity contribution in [2.24, 2.45) is 0 Å². The molecule has 6 heteroatoms. The molecule has 6 nitrogen and oxygen atoms in total. The number of carbonyl (C=O) groups is 1. The van der Waals surface area contributed by atoms with E-state index in [1.54, 1.807) is 38.6 Å². The summed E-state index contributed by atoms with van der Waals surface area (Å²) in [5, 5.41) is 19.9. The third-order valence-electron chi connectivity index (χ3n) is 4.25. The second-order valence-corrected chi connectivity index (χ2v) is 6.02. The van der Waals surface area contributed by atoms with Crippen molar-refractivity contribution in [3.63, 3.8) is 0 Å². The Morgan fingerprint density at radius 2 is 2.00 bits per heavy atom. The Balaban J connectivity index is 1.75. The normalized spacial score (nSPS) is 13.0. The van der Waals surface area contributed by atoms with Crippen LogP contribution in [0.15, 0.2) is 60.9 Å². The molecule has 134 valence electrons. The molecule has 3 aromatic rings. The lowest BCUT2D eigenvalue weighted by atomic mass is 10.0. The molecule has 0 saturated heterocycles. The number of carbonyl (C=O) groups excluding carboxylic acids is 1. The highest BCUT2D eigenvalue weighted by Crippen LogP contribution is 2.30. The molecular weight excluding hydrogens is 330 g/mol. The number of nitrogens with one attached hydrogen (secondary N) is 2. The SMILES string of the molecule is COc1cc(C(=O)N[C@@H](C)[C@@H](O)c2ccccc2)ccc1-c1cn[nH]c1. The van der Waals surface area contributed by atoms with Crippen LogP contribution >= 0.6 is 0 Å². The minimum Gasteiger partial charge on any atom is -0.496 e. The minimum atomic E-state index is -0.785. The Morgan fingerprint density at radius 3 is 2.65 bits per heavy atom. The van der Waals surface area contributed by atoms with Gasteiger partial charge in [-0.05, 0) is 30.7 Å². The highest BCUT2D eigenvalue weighted by Gasteiger charge is 2.20. The fraction of sp³-hybridized carbons (Fsp3) is 0.200. The summed E-state index contributed by atoms with van der Waals surface area (Å²) < 4.78 is 5.41. The van der Waals surface area contributed by atoms with Crippen LogP contribution in [0.2, 0.25) is 0 Å². The fourth-order valence-corrected chi connectivity index (χ4v) is 2.78. The number of aromatic amines is 1. The van der Waals surface area contributed by atoms with Gasteiger partial charge >= 0.3 is 0 Å². The molecule has 0 radical (unpaired) electrons. The number of rotatable bonds is 6. The Morgan fingerprint density at radius 1 is 1.23 bits per heavy atom. The Bertz CT molecular complexity index is 863. The number of aromatic nitrogens is 2. The lowest BCUT2D eigenvalue weighted by molar-refractivity contribution is 0.0852. The maximum atomic E-state index is 12.6. The molecule has 0 fully saturated rings. The van der Waals surface area contributed by atoms with E-state index in [2.05, 4.69) is 15.5 Å². The van der Waals surface area contributed by atoms with Gasteiger partial charge in [-0.15, -0.1) is 0 Å². The zero-order valence-corrected chi connectivity index (χ0v) is 14.6. The van der Waals surface area contributed by atoms with Crippen molar-refractivity contribution in [1.82, 2.24) is 15.5 Å². The van der Waals surface area contributed by atoms with Gasteiger partial charge in [-0.2, -0.15) is 5.10 Å². The third kappa shape index (κ3) is 3.75. The monoisotopic (exact) mass is 351 g/mol. The summed E-state index contributed by atoms with van der Waals surface area (Å²) in [6, 6.07) is 14.0. The van der Waals surface area contributed by atoms with Gasteiger partial charge in [0.1, 0.15) is 5.75 Å². The van der Waals surface area contributed by atoms with E-state index in [0.717, 1.165) is 16.7 Å². The largest absolute Gasteiger partial charge is 0.496 e. The standard InChI is InChI=1S/C20H21N3O3/c1-13(19(24)14-6-4-3-5-7-14)23-20(25)15-8-9-17(18(10-15)26-2)16-11-21-22-12-16/h3-13,19,24H,1-2H3,(H,21,22)(H,23,25)/t13-,19+/m0/s1. The molecule has 1 amide bonds. The van der Waals surface area contributed by atoms with E-state index in [1.807, 2.05) is 36.4 Å². The van der Waals surface area contributed by atoms with Crippen molar-refractivity contribution < 1.29 is 14.6 Å². The van der Waals surface area contributed by atoms with Crippen molar-refractivity contribution in [2.45, 2.75) is 19.1 Å². The number of benzene rings is 2. The second-order valence-electron chi connectivity index (χ2n) is 6.02. The van der Waals surface area contributed by atoms with Crippen molar-refractivity contribution >= 4 is 5.91 Å². The van der Waals surface area contributed by atoms with Gasteiger partial charge in [0.15, 0.2) is 0 Å². The average Bonchev–Trinajstić information content (AvgIpc) is 3.22. The molecule has 1 aromatic heterocycles. The second kappa shape index (κ2) is 7.84. The molecule has 2 aromatic carbocycles. The molecule has 0 aliphatic carbocycles. The van der Waals surface area contributed by atoms with Crippen LogP contribution in [0.25, 0.3) is 11.1 Å². The first-order valence-electron chi connectivity index (χ1n) is 8.31. The third-order valence-corrected chi connectivity index (χ3v) is 4.25. The molecule has 0 spiro atoms. The maximum Gasteiger partial charge on any atom is 0.251 e. The van der Waals surface area contributed by atoms with E-state index in [0.29, 0.717) is 11.3 Å². The van der Waals surface area contributed by atoms with E-state index in [9.17, 15) is 9.90 Å². The topological polar surface area (TPSA) is 87.2 Å². The van der Waals surface area contributed by atoms with Crippen LogP contribution in [0.1, 0.15) is 28.9 Å². The number of H-pyrrole nitrogens is 1. The molecule has 2 atom stereocenters. The van der Waals surface area contributed by atoms with Crippen LogP contribution in [0.3, 0.4) is 0 Å². The average molecular weight is 351 g/mol. The van der Waals surface area contributed by atoms with Crippen molar-refractivity contribution in [1.29, 1.82) is 0 Å². The molecule has 1 heterocycles. The first kappa shape index (κ1) is 17.7. The van der Waals surface area contributed by atoms with Gasteiger partial charge in [0.2, 0.25) is 0 Å². The lowest BCUT2D eigenvalue weighted by Crippen LogP contribution is -2.37. The summed E-state index contributed by atoms with van der Waals surface area (Å²) in [6.45, 7) is 1.77. The van der Waals surface area contributed by atoms with Crippen LogP contribution in [0.5, 0.6) is 5.75 Å². The number of aliphatic hydroxyl groups excluding tert-OH is 1. The first-order chi connectivity index (χ1) is 12.6. The lowest BCUT2D eigenvalue weighted by Gasteiger charge is -2.21. The van der Waals surface area contributed by atoms with Crippen LogP contribution < -0.4 is 10.1 Å². The highest BCUT2D eigenvalue weighted by molar-refractivity contribution is 5.95. The van der Waals surface area contributed by atoms with E-state index in [4.69, 9.17) is 4.74 Å². The Kier molecular flexibility index (Phi) is 5.34. The summed E-state index contributed by atoms with van der Waals surface area (Å²) in [5.41, 5.74) is 2.94. The smallest absolute Gasteiger partial charge is 0.251 e. The number of aliphatic hydroxyl groups is 1. The van der Waals surface area contributed by atoms with Gasteiger partial charge < -0.3 is 15.2 Å². The predicted octanol–water partition coefficient (Wildman–Crippen LogP) is 2.94. The number of amides is 1. The van der Waals surface area contributed by atoms with Gasteiger partial charge in [0, 0.05) is 22.9 Å². The molecule has 0 saturated carbocycles. The molecule has 0 unspecified atom stereocenters. The zero-order valence-electron chi connectivity index (χ0n) is 14.6. The maximum absolute atomic E-state index is 12.6. The molecular formula is C20H21N3O3. The Labute approximate surface area is 151 Å². The minimum absolute atomic E-state index is 0.274. The van der Waals surface area contributed by atoms with Gasteiger partial charge in [-0.3, -0.25) is 9.89 Å². The van der Waals surface area contributed by atoms with Gasteiger partial charge in [0.05, 0.1) is 25.5 Å². The fourth-order valence-electron chi connectivity index (χ4n) is 2.78. The summed E-state index contributed by atoms with van der Waals surface area (Å²) in [5.74, 6) is 0.305. The zero-order chi connectivity index (χ0) is 18.5. The molecule has 3 N–H and O–H groups in total. The van der Waals surface area contributed by atoms with E-state index < -0.39 is 12.1 Å². The number of hydrogen-bond donors (Lipinski definition) is 3. The first-order valence-corrected chi connectivity index (χ1v) is 8.31. The predicted molar refractivity (Wildman–Crippen MR) is 98.9 cm³/mol. The summed E-state index contributed by atoms with van der Waals surface area (Å²) in [6.07, 6.45) is 2.67. The molecule has 0 bridgehead atoms. The molecule has 0 aliphatic heterocycles. The highest BCUT2D eigenvalue weighted by atomic mass is 16.5. The Hall–Kier alpha value is -3.12. The van der Waals surface area contributed by atoms with Crippen LogP contribution in [0, 0.1) is 0 Å². The molecule has 0 aliphatic rings. The summed E-state index contributed by atoms with van der Waals surface area (Å²) in [7, 11) is 1.56. The summed E-state index contributed by atoms with van der Waals surface area (Å²) >= 11 is 0. The number of ether oxygens (including phenoxy) is 1. The molecule has 26 heavy (non-hydrogen) atoms.